The van der Waals surface area contributed by atoms with Gasteiger partial charge in [-0.2, -0.15) is 0 Å². The lowest BCUT2D eigenvalue weighted by Crippen LogP contribution is -2.65. The maximum Gasteiger partial charge on any atom is 0.0594 e. The Labute approximate surface area is 197 Å². The van der Waals surface area contributed by atoms with E-state index in [1.54, 1.807) is 5.57 Å². The van der Waals surface area contributed by atoms with Crippen LogP contribution in [0.15, 0.2) is 11.6 Å². The lowest BCUT2D eigenvalue weighted by atomic mass is 9.33. The molecule has 182 valence electrons. The molecule has 5 rings (SSSR count). The van der Waals surface area contributed by atoms with E-state index in [1.165, 1.54) is 51.4 Å². The highest BCUT2D eigenvalue weighted by molar-refractivity contribution is 5.34. The first-order valence-corrected chi connectivity index (χ1v) is 13.9. The zero-order valence-electron chi connectivity index (χ0n) is 22.0. The summed E-state index contributed by atoms with van der Waals surface area (Å²) in [4.78, 5) is 0. The highest BCUT2D eigenvalue weighted by Gasteiger charge is 2.68. The van der Waals surface area contributed by atoms with Gasteiger partial charge in [-0.25, -0.2) is 0 Å². The van der Waals surface area contributed by atoms with Crippen molar-refractivity contribution in [1.29, 1.82) is 0 Å². The van der Waals surface area contributed by atoms with E-state index < -0.39 is 0 Å². The van der Waals surface area contributed by atoms with E-state index in [1.807, 2.05) is 0 Å². The van der Waals surface area contributed by atoms with Crippen LogP contribution in [0.3, 0.4) is 0 Å². The van der Waals surface area contributed by atoms with Crippen LogP contribution in [0.4, 0.5) is 0 Å². The standard InChI is InChI=1S/C30H50O2/c1-19-10-15-30(18-31)17-16-28(6)21(25(30)20(19)2)8-9-23-27(5)13-12-24(32)26(3,4)22(27)11-14-29(23,28)7/h8,19-20,22-25,31-32H,9-18H2,1-7H3/t19-,20-,22+,23-,24+,25+,27+,28+,29+,30+/m1/s1. The number of allylic oxidation sites excluding steroid dienone is 2. The van der Waals surface area contributed by atoms with E-state index in [4.69, 9.17) is 0 Å². The molecule has 2 nitrogen and oxygen atoms in total. The van der Waals surface area contributed by atoms with Crippen LogP contribution in [0, 0.1) is 56.7 Å². The molecule has 0 aliphatic heterocycles. The molecule has 0 amide bonds. The number of aliphatic hydroxyl groups excluding tert-OH is 2. The molecule has 0 bridgehead atoms. The first-order valence-electron chi connectivity index (χ1n) is 13.9. The SMILES string of the molecule is C[C@@H]1[C@H](C)CC[C@@]2(CO)CC[C@@]3(C)C(=CC[C@@H]4[C@@]5(C)CC[C@H](O)C(C)(C)[C@@H]5CC[C@@]43C)[C@H]12. The first-order chi connectivity index (χ1) is 14.9. The first kappa shape index (κ1) is 23.4. The highest BCUT2D eigenvalue weighted by atomic mass is 16.3. The molecule has 10 atom stereocenters. The van der Waals surface area contributed by atoms with Crippen molar-refractivity contribution in [2.75, 3.05) is 6.61 Å². The van der Waals surface area contributed by atoms with Gasteiger partial charge in [0.15, 0.2) is 0 Å². The van der Waals surface area contributed by atoms with Gasteiger partial charge in [-0.15, -0.1) is 0 Å². The van der Waals surface area contributed by atoms with Crippen LogP contribution < -0.4 is 0 Å². The van der Waals surface area contributed by atoms with E-state index in [-0.39, 0.29) is 22.3 Å². The van der Waals surface area contributed by atoms with Crippen molar-refractivity contribution < 1.29 is 10.2 Å². The number of hydrogen-bond donors (Lipinski definition) is 2. The molecule has 4 fully saturated rings. The second-order valence-corrected chi connectivity index (χ2v) is 14.5. The molecular formula is C30H50O2. The van der Waals surface area contributed by atoms with Crippen LogP contribution >= 0.6 is 0 Å². The van der Waals surface area contributed by atoms with Crippen LogP contribution in [-0.2, 0) is 0 Å². The molecule has 5 aliphatic carbocycles. The fraction of sp³-hybridized carbons (Fsp3) is 0.933. The minimum absolute atomic E-state index is 0.0190. The van der Waals surface area contributed by atoms with Crippen LogP contribution in [0.25, 0.3) is 0 Å². The second-order valence-electron chi connectivity index (χ2n) is 14.5. The minimum Gasteiger partial charge on any atom is -0.396 e. The molecule has 0 aromatic rings. The topological polar surface area (TPSA) is 40.5 Å². The summed E-state index contributed by atoms with van der Waals surface area (Å²) >= 11 is 0. The van der Waals surface area contributed by atoms with E-state index in [0.717, 1.165) is 12.3 Å². The van der Waals surface area contributed by atoms with Crippen LogP contribution in [0.2, 0.25) is 0 Å². The van der Waals surface area contributed by atoms with Gasteiger partial charge in [-0.3, -0.25) is 0 Å². The normalized spacial score (nSPS) is 56.8. The van der Waals surface area contributed by atoms with Crippen molar-refractivity contribution in [3.05, 3.63) is 11.6 Å². The van der Waals surface area contributed by atoms with Crippen molar-refractivity contribution in [2.45, 2.75) is 112 Å². The molecule has 0 unspecified atom stereocenters. The molecule has 0 spiro atoms. The summed E-state index contributed by atoms with van der Waals surface area (Å²) in [6.07, 6.45) is 13.4. The van der Waals surface area contributed by atoms with Crippen molar-refractivity contribution >= 4 is 0 Å². The zero-order chi connectivity index (χ0) is 23.3. The monoisotopic (exact) mass is 442 g/mol. The van der Waals surface area contributed by atoms with Crippen molar-refractivity contribution in [3.8, 4) is 0 Å². The number of hydrogen-bond acceptors (Lipinski definition) is 2. The molecular weight excluding hydrogens is 392 g/mol. The molecule has 0 radical (unpaired) electrons. The fourth-order valence-corrected chi connectivity index (χ4v) is 10.9. The Balaban J connectivity index is 1.59. The lowest BCUT2D eigenvalue weighted by molar-refractivity contribution is -0.205. The Morgan fingerprint density at radius 2 is 1.59 bits per heavy atom. The van der Waals surface area contributed by atoms with Gasteiger partial charge in [0, 0.05) is 12.0 Å². The van der Waals surface area contributed by atoms with Crippen molar-refractivity contribution in [2.24, 2.45) is 56.7 Å². The molecule has 0 aromatic heterocycles. The second kappa shape index (κ2) is 7.09. The number of fused-ring (bicyclic) bond motifs is 7. The molecule has 4 saturated carbocycles. The largest absolute Gasteiger partial charge is 0.396 e. The van der Waals surface area contributed by atoms with E-state index >= 15 is 0 Å². The Kier molecular flexibility index (Phi) is 5.19. The van der Waals surface area contributed by atoms with Gasteiger partial charge in [-0.05, 0) is 109 Å². The van der Waals surface area contributed by atoms with Crippen molar-refractivity contribution in [1.82, 2.24) is 0 Å². The van der Waals surface area contributed by atoms with Gasteiger partial charge < -0.3 is 10.2 Å². The third kappa shape index (κ3) is 2.66. The van der Waals surface area contributed by atoms with Crippen LogP contribution in [-0.4, -0.2) is 22.9 Å². The molecule has 0 aromatic carbocycles. The molecule has 0 heterocycles. The Bertz CT molecular complexity index is 799. The number of aliphatic hydroxyl groups is 2. The summed E-state index contributed by atoms with van der Waals surface area (Å²) in [6.45, 7) is 17.9. The van der Waals surface area contributed by atoms with E-state index in [2.05, 4.69) is 54.5 Å². The van der Waals surface area contributed by atoms with Gasteiger partial charge in [-0.1, -0.05) is 60.1 Å². The smallest absolute Gasteiger partial charge is 0.0594 e. The maximum atomic E-state index is 10.9. The summed E-state index contributed by atoms with van der Waals surface area (Å²) in [6, 6.07) is 0. The van der Waals surface area contributed by atoms with Crippen molar-refractivity contribution in [3.63, 3.8) is 0 Å². The molecule has 2 heteroatoms. The van der Waals surface area contributed by atoms with E-state index in [0.29, 0.717) is 41.1 Å². The summed E-state index contributed by atoms with van der Waals surface area (Å²) in [7, 11) is 0. The average molecular weight is 443 g/mol. The minimum atomic E-state index is -0.153. The fourth-order valence-electron chi connectivity index (χ4n) is 10.9. The predicted octanol–water partition coefficient (Wildman–Crippen LogP) is 7.00. The third-order valence-electron chi connectivity index (χ3n) is 13.5. The molecule has 0 saturated heterocycles. The molecule has 5 aliphatic rings. The summed E-state index contributed by atoms with van der Waals surface area (Å²) < 4.78 is 0. The average Bonchev–Trinajstić information content (AvgIpc) is 2.74. The van der Waals surface area contributed by atoms with Gasteiger partial charge in [0.05, 0.1) is 6.10 Å². The third-order valence-corrected chi connectivity index (χ3v) is 13.5. The Morgan fingerprint density at radius 3 is 2.28 bits per heavy atom. The summed E-state index contributed by atoms with van der Waals surface area (Å²) in [5.74, 6) is 3.29. The predicted molar refractivity (Wildman–Crippen MR) is 132 cm³/mol. The van der Waals surface area contributed by atoms with E-state index in [9.17, 15) is 10.2 Å². The maximum absolute atomic E-state index is 10.9. The number of rotatable bonds is 1. The van der Waals surface area contributed by atoms with Gasteiger partial charge in [0.2, 0.25) is 0 Å². The lowest BCUT2D eigenvalue weighted by Gasteiger charge is -2.71. The van der Waals surface area contributed by atoms with Gasteiger partial charge in [0.1, 0.15) is 0 Å². The highest BCUT2D eigenvalue weighted by Crippen LogP contribution is 2.75. The zero-order valence-corrected chi connectivity index (χ0v) is 22.0. The van der Waals surface area contributed by atoms with Crippen LogP contribution in [0.1, 0.15) is 106 Å². The Morgan fingerprint density at radius 1 is 0.875 bits per heavy atom. The van der Waals surface area contributed by atoms with Gasteiger partial charge in [0.25, 0.3) is 0 Å². The van der Waals surface area contributed by atoms with Gasteiger partial charge >= 0.3 is 0 Å². The summed E-state index contributed by atoms with van der Waals surface area (Å²) in [5.41, 5.74) is 2.77. The Hall–Kier alpha value is -0.340. The van der Waals surface area contributed by atoms with Crippen LogP contribution in [0.5, 0.6) is 0 Å². The molecule has 32 heavy (non-hydrogen) atoms. The molecule has 2 N–H and O–H groups in total. The quantitative estimate of drug-likeness (QED) is 0.429. The summed E-state index contributed by atoms with van der Waals surface area (Å²) in [5, 5.41) is 21.6.